The van der Waals surface area contributed by atoms with Gasteiger partial charge in [-0.3, -0.25) is 14.5 Å². The number of anilines is 1. The van der Waals surface area contributed by atoms with Gasteiger partial charge in [0.05, 0.1) is 5.69 Å². The Hall–Kier alpha value is -3.90. The van der Waals surface area contributed by atoms with Crippen LogP contribution in [-0.4, -0.2) is 52.9 Å². The van der Waals surface area contributed by atoms with Crippen molar-refractivity contribution < 1.29 is 14.7 Å². The van der Waals surface area contributed by atoms with Gasteiger partial charge in [-0.05, 0) is 42.8 Å². The third kappa shape index (κ3) is 4.08. The summed E-state index contributed by atoms with van der Waals surface area (Å²) < 4.78 is 0. The lowest BCUT2D eigenvalue weighted by Crippen LogP contribution is -2.49. The standard InChI is InChI=1S/C28H27N3O3/c1-19(32)20-11-13-22(14-12-20)30-15-17-31(18-16-30)27(28(33)34)25-23-9-5-6-10-24(23)29-26(25)21-7-3-2-4-8-21/h2-14,27,29H,15-18H2,1H3,(H,33,34)/t27-/m0/s1. The largest absolute Gasteiger partial charge is 0.480 e. The summed E-state index contributed by atoms with van der Waals surface area (Å²) >= 11 is 0. The van der Waals surface area contributed by atoms with E-state index in [9.17, 15) is 14.7 Å². The molecule has 1 atom stereocenters. The zero-order valence-corrected chi connectivity index (χ0v) is 19.1. The van der Waals surface area contributed by atoms with Crippen LogP contribution in [0.1, 0.15) is 28.9 Å². The Kier molecular flexibility index (Phi) is 5.90. The van der Waals surface area contributed by atoms with Crippen LogP contribution in [0.2, 0.25) is 0 Å². The molecule has 0 amide bonds. The lowest BCUT2D eigenvalue weighted by Gasteiger charge is -2.39. The second kappa shape index (κ2) is 9.15. The number of Topliss-reactive ketones (excluding diaryl/α,β-unsaturated/α-hetero) is 1. The van der Waals surface area contributed by atoms with Crippen LogP contribution in [0.4, 0.5) is 5.69 Å². The highest BCUT2D eigenvalue weighted by molar-refractivity contribution is 5.96. The van der Waals surface area contributed by atoms with Gasteiger partial charge >= 0.3 is 5.97 Å². The summed E-state index contributed by atoms with van der Waals surface area (Å²) in [4.78, 5) is 32.0. The first-order valence-electron chi connectivity index (χ1n) is 11.5. The number of nitrogens with zero attached hydrogens (tertiary/aromatic N) is 2. The van der Waals surface area contributed by atoms with Crippen LogP contribution in [0, 0.1) is 0 Å². The molecule has 0 spiro atoms. The fourth-order valence-corrected chi connectivity index (χ4v) is 4.89. The topological polar surface area (TPSA) is 76.6 Å². The minimum atomic E-state index is -0.846. The van der Waals surface area contributed by atoms with Crippen molar-refractivity contribution in [1.82, 2.24) is 9.88 Å². The number of aromatic amines is 1. The lowest BCUT2D eigenvalue weighted by atomic mass is 9.97. The molecule has 34 heavy (non-hydrogen) atoms. The van der Waals surface area contributed by atoms with Crippen molar-refractivity contribution in [3.8, 4) is 11.3 Å². The molecular formula is C28H27N3O3. The number of carboxylic acid groups (broad SMARTS) is 1. The van der Waals surface area contributed by atoms with Crippen LogP contribution in [0.5, 0.6) is 0 Å². The van der Waals surface area contributed by atoms with E-state index in [4.69, 9.17) is 0 Å². The monoisotopic (exact) mass is 453 g/mol. The molecule has 1 aliphatic heterocycles. The minimum absolute atomic E-state index is 0.0496. The number of para-hydroxylation sites is 1. The number of carboxylic acids is 1. The fourth-order valence-electron chi connectivity index (χ4n) is 4.89. The highest BCUT2D eigenvalue weighted by Crippen LogP contribution is 2.38. The molecule has 1 fully saturated rings. The molecule has 6 heteroatoms. The number of aromatic nitrogens is 1. The Bertz CT molecular complexity index is 1320. The second-order valence-electron chi connectivity index (χ2n) is 8.69. The summed E-state index contributed by atoms with van der Waals surface area (Å²) in [5.74, 6) is -0.796. The van der Waals surface area contributed by atoms with Gasteiger partial charge in [-0.15, -0.1) is 0 Å². The number of fused-ring (bicyclic) bond motifs is 1. The quantitative estimate of drug-likeness (QED) is 0.403. The normalized spacial score (nSPS) is 15.4. The van der Waals surface area contributed by atoms with Gasteiger partial charge < -0.3 is 15.0 Å². The molecular weight excluding hydrogens is 426 g/mol. The second-order valence-corrected chi connectivity index (χ2v) is 8.69. The number of H-pyrrole nitrogens is 1. The first kappa shape index (κ1) is 21.9. The van der Waals surface area contributed by atoms with Crippen LogP contribution in [0.3, 0.4) is 0 Å². The van der Waals surface area contributed by atoms with Crippen molar-refractivity contribution in [3.05, 3.63) is 90.0 Å². The van der Waals surface area contributed by atoms with E-state index in [1.807, 2.05) is 78.9 Å². The van der Waals surface area contributed by atoms with E-state index >= 15 is 0 Å². The summed E-state index contributed by atoms with van der Waals surface area (Å²) in [6.45, 7) is 4.24. The van der Waals surface area contributed by atoms with E-state index in [1.165, 1.54) is 0 Å². The lowest BCUT2D eigenvalue weighted by molar-refractivity contribution is -0.143. The Morgan fingerprint density at radius 3 is 2.15 bits per heavy atom. The number of nitrogens with one attached hydrogen (secondary N) is 1. The van der Waals surface area contributed by atoms with Crippen LogP contribution in [-0.2, 0) is 4.79 Å². The van der Waals surface area contributed by atoms with E-state index in [0.29, 0.717) is 31.7 Å². The maximum Gasteiger partial charge on any atom is 0.325 e. The van der Waals surface area contributed by atoms with Gasteiger partial charge in [0.15, 0.2) is 5.78 Å². The van der Waals surface area contributed by atoms with Crippen molar-refractivity contribution in [1.29, 1.82) is 0 Å². The highest BCUT2D eigenvalue weighted by Gasteiger charge is 2.34. The summed E-state index contributed by atoms with van der Waals surface area (Å²) in [5.41, 5.74) is 5.33. The third-order valence-electron chi connectivity index (χ3n) is 6.63. The first-order chi connectivity index (χ1) is 16.5. The first-order valence-corrected chi connectivity index (χ1v) is 11.5. The molecule has 0 unspecified atom stereocenters. The maximum absolute atomic E-state index is 12.7. The Morgan fingerprint density at radius 2 is 1.50 bits per heavy atom. The molecule has 4 aromatic rings. The third-order valence-corrected chi connectivity index (χ3v) is 6.63. The Balaban J connectivity index is 1.46. The molecule has 1 aromatic heterocycles. The van der Waals surface area contributed by atoms with Crippen molar-refractivity contribution >= 4 is 28.3 Å². The molecule has 3 aromatic carbocycles. The minimum Gasteiger partial charge on any atom is -0.480 e. The van der Waals surface area contributed by atoms with E-state index < -0.39 is 12.0 Å². The van der Waals surface area contributed by atoms with E-state index in [1.54, 1.807) is 6.92 Å². The molecule has 2 heterocycles. The summed E-state index contributed by atoms with van der Waals surface area (Å²) in [7, 11) is 0. The zero-order valence-electron chi connectivity index (χ0n) is 19.1. The van der Waals surface area contributed by atoms with Gasteiger partial charge in [0.2, 0.25) is 0 Å². The van der Waals surface area contributed by atoms with Crippen LogP contribution in [0.25, 0.3) is 22.2 Å². The number of hydrogen-bond donors (Lipinski definition) is 2. The van der Waals surface area contributed by atoms with Gasteiger partial charge in [0.25, 0.3) is 0 Å². The van der Waals surface area contributed by atoms with Crippen molar-refractivity contribution in [2.24, 2.45) is 0 Å². The summed E-state index contributed by atoms with van der Waals surface area (Å²) in [6, 6.07) is 24.7. The number of benzene rings is 3. The van der Waals surface area contributed by atoms with E-state index in [2.05, 4.69) is 14.8 Å². The van der Waals surface area contributed by atoms with Crippen LogP contribution < -0.4 is 4.90 Å². The Labute approximate surface area is 198 Å². The van der Waals surface area contributed by atoms with Gasteiger partial charge in [0.1, 0.15) is 6.04 Å². The van der Waals surface area contributed by atoms with Gasteiger partial charge in [-0.25, -0.2) is 0 Å². The smallest absolute Gasteiger partial charge is 0.325 e. The van der Waals surface area contributed by atoms with Gasteiger partial charge in [0, 0.05) is 53.9 Å². The number of rotatable bonds is 6. The van der Waals surface area contributed by atoms with Crippen LogP contribution >= 0.6 is 0 Å². The van der Waals surface area contributed by atoms with Crippen molar-refractivity contribution in [3.63, 3.8) is 0 Å². The molecule has 1 aliphatic rings. The SMILES string of the molecule is CC(=O)c1ccc(N2CCN([C@H](C(=O)O)c3c(-c4ccccc4)[nH]c4ccccc34)CC2)cc1. The molecule has 0 saturated carbocycles. The molecule has 2 N–H and O–H groups in total. The maximum atomic E-state index is 12.7. The number of piperazine rings is 1. The molecule has 0 aliphatic carbocycles. The molecule has 0 radical (unpaired) electrons. The number of ketones is 1. The molecule has 1 saturated heterocycles. The predicted molar refractivity (Wildman–Crippen MR) is 134 cm³/mol. The predicted octanol–water partition coefficient (Wildman–Crippen LogP) is 4.99. The number of carbonyl (C=O) groups is 2. The molecule has 6 nitrogen and oxygen atoms in total. The van der Waals surface area contributed by atoms with Crippen molar-refractivity contribution in [2.45, 2.75) is 13.0 Å². The molecule has 5 rings (SSSR count). The molecule has 172 valence electrons. The number of aliphatic carboxylic acids is 1. The zero-order chi connectivity index (χ0) is 23.7. The summed E-state index contributed by atoms with van der Waals surface area (Å²) in [5, 5.41) is 11.3. The van der Waals surface area contributed by atoms with Gasteiger partial charge in [-0.1, -0.05) is 48.5 Å². The average Bonchev–Trinajstić information content (AvgIpc) is 3.24. The Morgan fingerprint density at radius 1 is 0.853 bits per heavy atom. The van der Waals surface area contributed by atoms with E-state index in [-0.39, 0.29) is 5.78 Å². The van der Waals surface area contributed by atoms with Gasteiger partial charge in [-0.2, -0.15) is 0 Å². The number of hydrogen-bond acceptors (Lipinski definition) is 4. The van der Waals surface area contributed by atoms with Crippen LogP contribution in [0.15, 0.2) is 78.9 Å². The van der Waals surface area contributed by atoms with E-state index in [0.717, 1.165) is 33.4 Å². The highest BCUT2D eigenvalue weighted by atomic mass is 16.4. The van der Waals surface area contributed by atoms with Crippen molar-refractivity contribution in [2.75, 3.05) is 31.1 Å². The number of carbonyl (C=O) groups excluding carboxylic acids is 1. The summed E-state index contributed by atoms with van der Waals surface area (Å²) in [6.07, 6.45) is 0. The molecule has 0 bridgehead atoms. The fraction of sp³-hybridized carbons (Fsp3) is 0.214. The average molecular weight is 454 g/mol.